The SMILES string of the molecule is CCCN1CC(=O)Nc2ccncc21. The van der Waals surface area contributed by atoms with E-state index in [0.29, 0.717) is 6.54 Å². The molecule has 0 atom stereocenters. The number of aromatic nitrogens is 1. The van der Waals surface area contributed by atoms with Crippen molar-refractivity contribution in [1.29, 1.82) is 0 Å². The van der Waals surface area contributed by atoms with Crippen LogP contribution < -0.4 is 10.2 Å². The fourth-order valence-corrected chi connectivity index (χ4v) is 1.66. The lowest BCUT2D eigenvalue weighted by Gasteiger charge is -2.29. The summed E-state index contributed by atoms with van der Waals surface area (Å²) in [4.78, 5) is 17.5. The molecule has 1 aliphatic rings. The highest BCUT2D eigenvalue weighted by atomic mass is 16.2. The van der Waals surface area contributed by atoms with E-state index in [0.717, 1.165) is 24.3 Å². The number of anilines is 2. The first kappa shape index (κ1) is 8.99. The highest BCUT2D eigenvalue weighted by molar-refractivity contribution is 6.00. The number of nitrogens with zero attached hydrogens (tertiary/aromatic N) is 2. The molecule has 0 bridgehead atoms. The molecule has 0 aliphatic carbocycles. The zero-order valence-electron chi connectivity index (χ0n) is 8.16. The van der Waals surface area contributed by atoms with Crippen LogP contribution in [0, 0.1) is 0 Å². The van der Waals surface area contributed by atoms with Crippen LogP contribution in [0.2, 0.25) is 0 Å². The van der Waals surface area contributed by atoms with Gasteiger partial charge < -0.3 is 10.2 Å². The molecule has 0 saturated carbocycles. The van der Waals surface area contributed by atoms with Crippen LogP contribution in [0.15, 0.2) is 18.5 Å². The molecule has 14 heavy (non-hydrogen) atoms. The van der Waals surface area contributed by atoms with Gasteiger partial charge in [0.1, 0.15) is 0 Å². The van der Waals surface area contributed by atoms with Crippen molar-refractivity contribution in [3.05, 3.63) is 18.5 Å². The summed E-state index contributed by atoms with van der Waals surface area (Å²) in [5.74, 6) is 0.0529. The maximum absolute atomic E-state index is 11.3. The third-order valence-corrected chi connectivity index (χ3v) is 2.24. The van der Waals surface area contributed by atoms with Crippen LogP contribution in [0.4, 0.5) is 11.4 Å². The number of amides is 1. The maximum Gasteiger partial charge on any atom is 0.243 e. The number of nitrogens with one attached hydrogen (secondary N) is 1. The van der Waals surface area contributed by atoms with Gasteiger partial charge in [-0.25, -0.2) is 0 Å². The molecule has 1 aliphatic heterocycles. The number of hydrogen-bond acceptors (Lipinski definition) is 3. The lowest BCUT2D eigenvalue weighted by molar-refractivity contribution is -0.115. The van der Waals surface area contributed by atoms with Gasteiger partial charge in [-0.15, -0.1) is 0 Å². The van der Waals surface area contributed by atoms with E-state index in [-0.39, 0.29) is 5.91 Å². The summed E-state index contributed by atoms with van der Waals surface area (Å²) >= 11 is 0. The van der Waals surface area contributed by atoms with E-state index in [4.69, 9.17) is 0 Å². The molecule has 0 unspecified atom stereocenters. The minimum Gasteiger partial charge on any atom is -0.359 e. The third-order valence-electron chi connectivity index (χ3n) is 2.24. The molecule has 4 heteroatoms. The summed E-state index contributed by atoms with van der Waals surface area (Å²) in [6.07, 6.45) is 4.51. The van der Waals surface area contributed by atoms with E-state index >= 15 is 0 Å². The van der Waals surface area contributed by atoms with Gasteiger partial charge in [0, 0.05) is 12.7 Å². The van der Waals surface area contributed by atoms with Crippen molar-refractivity contribution in [3.63, 3.8) is 0 Å². The smallest absolute Gasteiger partial charge is 0.243 e. The largest absolute Gasteiger partial charge is 0.359 e. The number of hydrogen-bond donors (Lipinski definition) is 1. The summed E-state index contributed by atoms with van der Waals surface area (Å²) in [6.45, 7) is 3.43. The molecule has 2 rings (SSSR count). The molecular formula is C10H13N3O. The Bertz CT molecular complexity index is 351. The fraction of sp³-hybridized carbons (Fsp3) is 0.400. The highest BCUT2D eigenvalue weighted by Crippen LogP contribution is 2.27. The Morgan fingerprint density at radius 3 is 3.29 bits per heavy atom. The van der Waals surface area contributed by atoms with Gasteiger partial charge >= 0.3 is 0 Å². The number of rotatable bonds is 2. The van der Waals surface area contributed by atoms with Crippen molar-refractivity contribution in [2.24, 2.45) is 0 Å². The van der Waals surface area contributed by atoms with Crippen molar-refractivity contribution in [2.75, 3.05) is 23.3 Å². The first-order chi connectivity index (χ1) is 6.81. The van der Waals surface area contributed by atoms with Gasteiger partial charge in [-0.3, -0.25) is 9.78 Å². The normalized spacial score (nSPS) is 14.9. The van der Waals surface area contributed by atoms with Crippen molar-refractivity contribution in [3.8, 4) is 0 Å². The fourth-order valence-electron chi connectivity index (χ4n) is 1.66. The topological polar surface area (TPSA) is 45.2 Å². The number of carbonyl (C=O) groups excluding carboxylic acids is 1. The predicted molar refractivity (Wildman–Crippen MR) is 55.4 cm³/mol. The molecular weight excluding hydrogens is 178 g/mol. The third kappa shape index (κ3) is 1.55. The summed E-state index contributed by atoms with van der Waals surface area (Å²) < 4.78 is 0. The van der Waals surface area contributed by atoms with Crippen LogP contribution >= 0.6 is 0 Å². The second-order valence-electron chi connectivity index (χ2n) is 3.36. The Balaban J connectivity index is 2.33. The summed E-state index contributed by atoms with van der Waals surface area (Å²) in [5.41, 5.74) is 1.89. The molecule has 1 amide bonds. The van der Waals surface area contributed by atoms with Crippen LogP contribution in [-0.2, 0) is 4.79 Å². The molecule has 0 radical (unpaired) electrons. The van der Waals surface area contributed by atoms with Crippen LogP contribution in [0.1, 0.15) is 13.3 Å². The highest BCUT2D eigenvalue weighted by Gasteiger charge is 2.20. The Morgan fingerprint density at radius 1 is 1.64 bits per heavy atom. The van der Waals surface area contributed by atoms with Crippen molar-refractivity contribution < 1.29 is 4.79 Å². The van der Waals surface area contributed by atoms with Crippen molar-refractivity contribution in [1.82, 2.24) is 4.98 Å². The van der Waals surface area contributed by atoms with E-state index in [9.17, 15) is 4.79 Å². The quantitative estimate of drug-likeness (QED) is 0.765. The lowest BCUT2D eigenvalue weighted by Crippen LogP contribution is -2.38. The molecule has 1 aromatic heterocycles. The summed E-state index contributed by atoms with van der Waals surface area (Å²) in [5, 5.41) is 2.83. The first-order valence-electron chi connectivity index (χ1n) is 4.80. The van der Waals surface area contributed by atoms with Crippen LogP contribution in [-0.4, -0.2) is 24.0 Å². The maximum atomic E-state index is 11.3. The zero-order valence-corrected chi connectivity index (χ0v) is 8.16. The van der Waals surface area contributed by atoms with E-state index in [2.05, 4.69) is 22.1 Å². The molecule has 74 valence electrons. The molecule has 1 N–H and O–H groups in total. The lowest BCUT2D eigenvalue weighted by atomic mass is 10.2. The van der Waals surface area contributed by atoms with E-state index in [1.165, 1.54) is 0 Å². The Kier molecular flexibility index (Phi) is 2.35. The van der Waals surface area contributed by atoms with Gasteiger partial charge in [0.15, 0.2) is 0 Å². The zero-order chi connectivity index (χ0) is 9.97. The number of pyridine rings is 1. The van der Waals surface area contributed by atoms with Crippen molar-refractivity contribution in [2.45, 2.75) is 13.3 Å². The van der Waals surface area contributed by atoms with E-state index in [1.54, 1.807) is 12.4 Å². The van der Waals surface area contributed by atoms with Gasteiger partial charge in [0.05, 0.1) is 24.1 Å². The molecule has 0 fully saturated rings. The Labute approximate surface area is 82.9 Å². The van der Waals surface area contributed by atoms with Crippen LogP contribution in [0.3, 0.4) is 0 Å². The Hall–Kier alpha value is -1.58. The monoisotopic (exact) mass is 191 g/mol. The average Bonchev–Trinajstić information content (AvgIpc) is 2.18. The second kappa shape index (κ2) is 3.65. The van der Waals surface area contributed by atoms with Crippen molar-refractivity contribution >= 4 is 17.3 Å². The Morgan fingerprint density at radius 2 is 2.50 bits per heavy atom. The molecule has 0 spiro atoms. The first-order valence-corrected chi connectivity index (χ1v) is 4.80. The average molecular weight is 191 g/mol. The van der Waals surface area contributed by atoms with Gasteiger partial charge in [0.2, 0.25) is 5.91 Å². The van der Waals surface area contributed by atoms with Crippen LogP contribution in [0.25, 0.3) is 0 Å². The summed E-state index contributed by atoms with van der Waals surface area (Å²) in [6, 6.07) is 1.83. The van der Waals surface area contributed by atoms with Crippen LogP contribution in [0.5, 0.6) is 0 Å². The second-order valence-corrected chi connectivity index (χ2v) is 3.36. The standard InChI is InChI=1S/C10H13N3O/c1-2-5-13-7-10(14)12-8-3-4-11-6-9(8)13/h3-4,6H,2,5,7H2,1H3,(H,12,14). The number of fused-ring (bicyclic) bond motifs is 1. The minimum atomic E-state index is 0.0529. The molecule has 1 aromatic rings. The van der Waals surface area contributed by atoms with E-state index < -0.39 is 0 Å². The predicted octanol–water partition coefficient (Wildman–Crippen LogP) is 1.25. The molecule has 0 aromatic carbocycles. The van der Waals surface area contributed by atoms with Gasteiger partial charge in [-0.05, 0) is 12.5 Å². The number of carbonyl (C=O) groups is 1. The molecule has 4 nitrogen and oxygen atoms in total. The van der Waals surface area contributed by atoms with Gasteiger partial charge in [0.25, 0.3) is 0 Å². The summed E-state index contributed by atoms with van der Waals surface area (Å²) in [7, 11) is 0. The van der Waals surface area contributed by atoms with Gasteiger partial charge in [-0.1, -0.05) is 6.92 Å². The molecule has 2 heterocycles. The van der Waals surface area contributed by atoms with E-state index in [1.807, 2.05) is 6.07 Å². The minimum absolute atomic E-state index is 0.0529. The molecule has 0 saturated heterocycles. The van der Waals surface area contributed by atoms with Gasteiger partial charge in [-0.2, -0.15) is 0 Å².